The van der Waals surface area contributed by atoms with Crippen LogP contribution in [0.5, 0.6) is 5.06 Å². The first kappa shape index (κ1) is 10.8. The van der Waals surface area contributed by atoms with Crippen molar-refractivity contribution < 1.29 is 9.57 Å². The smallest absolute Gasteiger partial charge is 0.217 e. The highest BCUT2D eigenvalue weighted by atomic mass is 32.1. The normalized spacial score (nSPS) is 37.7. The Morgan fingerprint density at radius 1 is 1.44 bits per heavy atom. The number of hydroxylamine groups is 1. The molecule has 5 heterocycles. The zero-order chi connectivity index (χ0) is 12.0. The summed E-state index contributed by atoms with van der Waals surface area (Å²) in [6.45, 7) is 3.41. The van der Waals surface area contributed by atoms with Gasteiger partial charge in [0.2, 0.25) is 5.88 Å². The number of rotatable bonds is 2. The topological polar surface area (TPSA) is 33.7 Å². The van der Waals surface area contributed by atoms with Crippen molar-refractivity contribution in [3.8, 4) is 5.06 Å². The lowest BCUT2D eigenvalue weighted by atomic mass is 9.75. The van der Waals surface area contributed by atoms with Gasteiger partial charge in [0.25, 0.3) is 0 Å². The molecule has 5 rings (SSSR count). The van der Waals surface area contributed by atoms with Crippen LogP contribution in [0.2, 0.25) is 0 Å². The third-order valence-corrected chi connectivity index (χ3v) is 4.92. The van der Waals surface area contributed by atoms with Crippen LogP contribution in [0.4, 0.5) is 0 Å². The third kappa shape index (κ3) is 1.66. The van der Waals surface area contributed by atoms with Crippen molar-refractivity contribution in [1.29, 1.82) is 0 Å². The lowest BCUT2D eigenvalue weighted by Crippen LogP contribution is -2.58. The summed E-state index contributed by atoms with van der Waals surface area (Å²) < 4.78 is 5.78. The molecule has 1 aromatic heterocycles. The van der Waals surface area contributed by atoms with Crippen LogP contribution < -0.4 is 10.2 Å². The first-order valence-electron chi connectivity index (χ1n) is 6.45. The number of hydrogen-bond donors (Lipinski definition) is 1. The van der Waals surface area contributed by atoms with Gasteiger partial charge in [-0.05, 0) is 49.4 Å². The molecular weight excluding hydrogens is 248 g/mol. The average molecular weight is 264 g/mol. The lowest BCUT2D eigenvalue weighted by Gasteiger charge is -2.48. The SMILES string of the molecule is C1=C(Oc2cccs2)NOC12CN1CCC2CC1. The van der Waals surface area contributed by atoms with Gasteiger partial charge in [-0.15, -0.1) is 11.3 Å². The summed E-state index contributed by atoms with van der Waals surface area (Å²) >= 11 is 1.59. The number of hydrogen-bond acceptors (Lipinski definition) is 5. The van der Waals surface area contributed by atoms with Crippen molar-refractivity contribution >= 4 is 11.3 Å². The molecule has 3 fully saturated rings. The first-order valence-corrected chi connectivity index (χ1v) is 7.33. The Morgan fingerprint density at radius 3 is 3.00 bits per heavy atom. The van der Waals surface area contributed by atoms with E-state index in [4.69, 9.17) is 9.57 Å². The van der Waals surface area contributed by atoms with Gasteiger partial charge in [-0.1, -0.05) is 0 Å². The number of piperidine rings is 3. The van der Waals surface area contributed by atoms with Crippen molar-refractivity contribution in [2.24, 2.45) is 5.92 Å². The Morgan fingerprint density at radius 2 is 2.33 bits per heavy atom. The predicted molar refractivity (Wildman–Crippen MR) is 69.1 cm³/mol. The molecule has 1 N–H and O–H groups in total. The van der Waals surface area contributed by atoms with Gasteiger partial charge in [0, 0.05) is 12.6 Å². The minimum Gasteiger partial charge on any atom is -0.429 e. The third-order valence-electron chi connectivity index (χ3n) is 4.17. The molecule has 1 spiro atoms. The van der Waals surface area contributed by atoms with E-state index in [-0.39, 0.29) is 5.60 Å². The van der Waals surface area contributed by atoms with Gasteiger partial charge >= 0.3 is 0 Å². The molecule has 5 heteroatoms. The molecule has 0 radical (unpaired) electrons. The highest BCUT2D eigenvalue weighted by molar-refractivity contribution is 7.11. The Bertz CT molecular complexity index is 465. The second kappa shape index (κ2) is 3.98. The van der Waals surface area contributed by atoms with Gasteiger partial charge in [0.1, 0.15) is 5.60 Å². The maximum atomic E-state index is 5.87. The van der Waals surface area contributed by atoms with Gasteiger partial charge < -0.3 is 4.74 Å². The van der Waals surface area contributed by atoms with E-state index in [0.29, 0.717) is 5.92 Å². The Kier molecular flexibility index (Phi) is 2.40. The predicted octanol–water partition coefficient (Wildman–Crippen LogP) is 1.97. The molecule has 2 bridgehead atoms. The molecule has 4 aliphatic heterocycles. The molecule has 1 atom stereocenters. The van der Waals surface area contributed by atoms with E-state index < -0.39 is 0 Å². The zero-order valence-electron chi connectivity index (χ0n) is 10.1. The van der Waals surface area contributed by atoms with E-state index in [1.807, 2.05) is 17.5 Å². The molecule has 0 aromatic carbocycles. The van der Waals surface area contributed by atoms with E-state index in [9.17, 15) is 0 Å². The van der Waals surface area contributed by atoms with Crippen LogP contribution in [0.15, 0.2) is 29.5 Å². The van der Waals surface area contributed by atoms with Crippen LogP contribution in [0.25, 0.3) is 0 Å². The van der Waals surface area contributed by atoms with Gasteiger partial charge in [-0.25, -0.2) is 5.48 Å². The molecule has 96 valence electrons. The van der Waals surface area contributed by atoms with Gasteiger partial charge in [0.15, 0.2) is 5.06 Å². The molecule has 0 amide bonds. The van der Waals surface area contributed by atoms with Crippen molar-refractivity contribution in [2.45, 2.75) is 18.4 Å². The number of fused-ring (bicyclic) bond motifs is 2. The standard InChI is InChI=1S/C13H16N2O2S/c1-2-12(18-7-1)16-11-8-13(17-14-11)9-15-5-3-10(13)4-6-15/h1-2,7-8,10,14H,3-6,9H2. The van der Waals surface area contributed by atoms with Gasteiger partial charge in [0.05, 0.1) is 0 Å². The van der Waals surface area contributed by atoms with Crippen molar-refractivity contribution in [3.63, 3.8) is 0 Å². The second-order valence-corrected chi connectivity index (χ2v) is 6.16. The van der Waals surface area contributed by atoms with Crippen molar-refractivity contribution in [1.82, 2.24) is 10.4 Å². The minimum atomic E-state index is -0.164. The summed E-state index contributed by atoms with van der Waals surface area (Å²) in [7, 11) is 0. The number of ether oxygens (including phenoxy) is 1. The Hall–Kier alpha value is -1.04. The number of nitrogens with zero attached hydrogens (tertiary/aromatic N) is 1. The molecule has 1 aromatic rings. The average Bonchev–Trinajstić information content (AvgIpc) is 3.02. The van der Waals surface area contributed by atoms with Crippen molar-refractivity contribution in [2.75, 3.05) is 19.6 Å². The summed E-state index contributed by atoms with van der Waals surface area (Å²) in [5.41, 5.74) is 2.80. The first-order chi connectivity index (χ1) is 8.84. The van der Waals surface area contributed by atoms with Gasteiger partial charge in [-0.3, -0.25) is 9.74 Å². The van der Waals surface area contributed by atoms with Crippen LogP contribution >= 0.6 is 11.3 Å². The summed E-state index contributed by atoms with van der Waals surface area (Å²) in [5.74, 6) is 1.37. The maximum absolute atomic E-state index is 5.87. The molecule has 4 aliphatic rings. The highest BCUT2D eigenvalue weighted by Crippen LogP contribution is 2.41. The fourth-order valence-electron chi connectivity index (χ4n) is 3.24. The van der Waals surface area contributed by atoms with Gasteiger partial charge in [-0.2, -0.15) is 0 Å². The molecule has 0 saturated carbocycles. The van der Waals surface area contributed by atoms with E-state index in [2.05, 4.69) is 16.5 Å². The fraction of sp³-hybridized carbons (Fsp3) is 0.538. The van der Waals surface area contributed by atoms with Crippen LogP contribution in [0.1, 0.15) is 12.8 Å². The Balaban J connectivity index is 1.56. The van der Waals surface area contributed by atoms with Crippen LogP contribution in [-0.2, 0) is 4.84 Å². The fourth-order valence-corrected chi connectivity index (χ4v) is 3.83. The zero-order valence-corrected chi connectivity index (χ0v) is 10.9. The molecule has 1 unspecified atom stereocenters. The van der Waals surface area contributed by atoms with E-state index in [1.54, 1.807) is 11.3 Å². The second-order valence-electron chi connectivity index (χ2n) is 5.25. The van der Waals surface area contributed by atoms with Crippen LogP contribution in [0, 0.1) is 5.92 Å². The van der Waals surface area contributed by atoms with Crippen LogP contribution in [0.3, 0.4) is 0 Å². The molecule has 3 saturated heterocycles. The Labute approximate surface area is 110 Å². The minimum absolute atomic E-state index is 0.164. The number of thiophene rings is 1. The van der Waals surface area contributed by atoms with Crippen LogP contribution in [-0.4, -0.2) is 30.1 Å². The highest BCUT2D eigenvalue weighted by Gasteiger charge is 2.50. The largest absolute Gasteiger partial charge is 0.429 e. The molecule has 18 heavy (non-hydrogen) atoms. The number of nitrogens with one attached hydrogen (secondary N) is 1. The lowest BCUT2D eigenvalue weighted by molar-refractivity contribution is -0.141. The molecule has 4 nitrogen and oxygen atoms in total. The summed E-state index contributed by atoms with van der Waals surface area (Å²) in [6, 6.07) is 3.95. The summed E-state index contributed by atoms with van der Waals surface area (Å²) in [4.78, 5) is 8.35. The van der Waals surface area contributed by atoms with E-state index >= 15 is 0 Å². The maximum Gasteiger partial charge on any atom is 0.217 e. The van der Waals surface area contributed by atoms with Crippen molar-refractivity contribution in [3.05, 3.63) is 29.5 Å². The summed E-state index contributed by atoms with van der Waals surface area (Å²) in [5, 5.41) is 2.91. The van der Waals surface area contributed by atoms with E-state index in [1.165, 1.54) is 25.9 Å². The monoisotopic (exact) mass is 264 g/mol. The summed E-state index contributed by atoms with van der Waals surface area (Å²) in [6.07, 6.45) is 4.59. The molecule has 0 aliphatic carbocycles. The van der Waals surface area contributed by atoms with E-state index in [0.717, 1.165) is 17.5 Å². The quantitative estimate of drug-likeness (QED) is 0.885. The molecular formula is C13H16N2O2S.